The van der Waals surface area contributed by atoms with Crippen LogP contribution in [0.25, 0.3) is 0 Å². The summed E-state index contributed by atoms with van der Waals surface area (Å²) in [7, 11) is 0. The first-order valence-electron chi connectivity index (χ1n) is 5.87. The molecule has 6 heteroatoms. The van der Waals surface area contributed by atoms with Crippen molar-refractivity contribution in [3.63, 3.8) is 0 Å². The van der Waals surface area contributed by atoms with Crippen molar-refractivity contribution in [3.05, 3.63) is 34.3 Å². The van der Waals surface area contributed by atoms with Crippen molar-refractivity contribution < 1.29 is 14.7 Å². The zero-order valence-electron chi connectivity index (χ0n) is 10.4. The monoisotopic (exact) mass is 299 g/mol. The van der Waals surface area contributed by atoms with Gasteiger partial charge < -0.3 is 10.4 Å². The summed E-state index contributed by atoms with van der Waals surface area (Å²) in [6.07, 6.45) is 0.558. The summed E-state index contributed by atoms with van der Waals surface area (Å²) >= 11 is 7.42. The van der Waals surface area contributed by atoms with Gasteiger partial charge in [-0.05, 0) is 30.5 Å². The van der Waals surface area contributed by atoms with Crippen LogP contribution in [-0.4, -0.2) is 34.0 Å². The smallest absolute Gasteiger partial charge is 0.327 e. The first-order chi connectivity index (χ1) is 8.97. The molecule has 0 aliphatic carbocycles. The standard InChI is InChI=1S/C13H14ClNO3S/c1-7-2-3-8(4-9(7)14)5-11-12(16)15-10(6-19-11)13(17)18/h2-4,10-11H,5-6H2,1H3,(H,15,16)(H,17,18)/t10-,11+/m1/s1. The number of thioether (sulfide) groups is 1. The van der Waals surface area contributed by atoms with Crippen LogP contribution in [0, 0.1) is 6.92 Å². The number of carboxylic acid groups (broad SMARTS) is 1. The number of halogens is 1. The molecule has 102 valence electrons. The van der Waals surface area contributed by atoms with E-state index in [0.717, 1.165) is 11.1 Å². The minimum atomic E-state index is -0.988. The normalized spacial score (nSPS) is 22.9. The van der Waals surface area contributed by atoms with Crippen LogP contribution in [0.1, 0.15) is 11.1 Å². The maximum atomic E-state index is 11.8. The summed E-state index contributed by atoms with van der Waals surface area (Å²) in [4.78, 5) is 22.6. The Morgan fingerprint density at radius 1 is 1.58 bits per heavy atom. The lowest BCUT2D eigenvalue weighted by Crippen LogP contribution is -2.51. The number of aliphatic carboxylic acids is 1. The summed E-state index contributed by atoms with van der Waals surface area (Å²) < 4.78 is 0. The lowest BCUT2D eigenvalue weighted by Gasteiger charge is -2.26. The number of rotatable bonds is 3. The maximum Gasteiger partial charge on any atom is 0.327 e. The topological polar surface area (TPSA) is 66.4 Å². The molecule has 2 N–H and O–H groups in total. The minimum absolute atomic E-state index is 0.222. The van der Waals surface area contributed by atoms with Gasteiger partial charge >= 0.3 is 5.97 Å². The van der Waals surface area contributed by atoms with Crippen LogP contribution in [0.15, 0.2) is 18.2 Å². The van der Waals surface area contributed by atoms with Gasteiger partial charge in [0.1, 0.15) is 6.04 Å². The summed E-state index contributed by atoms with van der Waals surface area (Å²) in [5.74, 6) is -0.816. The molecule has 1 heterocycles. The highest BCUT2D eigenvalue weighted by Gasteiger charge is 2.32. The molecule has 2 atom stereocenters. The van der Waals surface area contributed by atoms with Gasteiger partial charge in [0.05, 0.1) is 5.25 Å². The Balaban J connectivity index is 2.02. The molecule has 4 nitrogen and oxygen atoms in total. The minimum Gasteiger partial charge on any atom is -0.480 e. The van der Waals surface area contributed by atoms with Crippen LogP contribution in [0.2, 0.25) is 5.02 Å². The zero-order chi connectivity index (χ0) is 14.0. The molecule has 2 rings (SSSR count). The second-order valence-electron chi connectivity index (χ2n) is 4.51. The van der Waals surface area contributed by atoms with Crippen molar-refractivity contribution in [2.24, 2.45) is 0 Å². The highest BCUT2D eigenvalue weighted by atomic mass is 35.5. The highest BCUT2D eigenvalue weighted by molar-refractivity contribution is 8.00. The Hall–Kier alpha value is -1.20. The van der Waals surface area contributed by atoms with Crippen LogP contribution in [0.5, 0.6) is 0 Å². The van der Waals surface area contributed by atoms with Crippen molar-refractivity contribution in [1.82, 2.24) is 5.32 Å². The van der Waals surface area contributed by atoms with Gasteiger partial charge in [-0.3, -0.25) is 4.79 Å². The summed E-state index contributed by atoms with van der Waals surface area (Å²) in [5, 5.41) is 11.8. The van der Waals surface area contributed by atoms with Crippen molar-refractivity contribution in [2.45, 2.75) is 24.6 Å². The molecule has 0 aromatic heterocycles. The lowest BCUT2D eigenvalue weighted by atomic mass is 10.1. The van der Waals surface area contributed by atoms with Crippen molar-refractivity contribution >= 4 is 35.2 Å². The summed E-state index contributed by atoms with van der Waals surface area (Å²) in [6, 6.07) is 4.94. The molecular formula is C13H14ClNO3S. The molecule has 1 aromatic rings. The fourth-order valence-electron chi connectivity index (χ4n) is 1.86. The largest absolute Gasteiger partial charge is 0.480 e. The predicted molar refractivity (Wildman–Crippen MR) is 75.7 cm³/mol. The Labute approximate surface area is 120 Å². The molecule has 0 bridgehead atoms. The molecule has 1 fully saturated rings. The first-order valence-corrected chi connectivity index (χ1v) is 7.30. The third-order valence-electron chi connectivity index (χ3n) is 3.03. The molecule has 1 amide bonds. The van der Waals surface area contributed by atoms with Crippen LogP contribution in [0.3, 0.4) is 0 Å². The van der Waals surface area contributed by atoms with E-state index in [9.17, 15) is 9.59 Å². The molecule has 0 unspecified atom stereocenters. The molecule has 19 heavy (non-hydrogen) atoms. The van der Waals surface area contributed by atoms with E-state index in [1.807, 2.05) is 25.1 Å². The van der Waals surface area contributed by atoms with E-state index in [4.69, 9.17) is 16.7 Å². The molecule has 0 spiro atoms. The Kier molecular flexibility index (Phi) is 4.37. The highest BCUT2D eigenvalue weighted by Crippen LogP contribution is 2.24. The number of amides is 1. The van der Waals surface area contributed by atoms with Gasteiger partial charge in [0.25, 0.3) is 0 Å². The van der Waals surface area contributed by atoms with Gasteiger partial charge in [0, 0.05) is 10.8 Å². The van der Waals surface area contributed by atoms with E-state index in [1.54, 1.807) is 0 Å². The Bertz CT molecular complexity index is 521. The number of hydrogen-bond donors (Lipinski definition) is 2. The van der Waals surface area contributed by atoms with Gasteiger partial charge in [-0.25, -0.2) is 4.79 Å². The molecule has 0 radical (unpaired) electrons. The van der Waals surface area contributed by atoms with E-state index < -0.39 is 12.0 Å². The van der Waals surface area contributed by atoms with E-state index in [1.165, 1.54) is 11.8 Å². The van der Waals surface area contributed by atoms with E-state index in [0.29, 0.717) is 17.2 Å². The quantitative estimate of drug-likeness (QED) is 0.894. The summed E-state index contributed by atoms with van der Waals surface area (Å²) in [5.41, 5.74) is 1.98. The van der Waals surface area contributed by atoms with Crippen molar-refractivity contribution in [1.29, 1.82) is 0 Å². The first kappa shape index (κ1) is 14.2. The number of nitrogens with one attached hydrogen (secondary N) is 1. The van der Waals surface area contributed by atoms with E-state index >= 15 is 0 Å². The second-order valence-corrected chi connectivity index (χ2v) is 6.15. The number of carbonyl (C=O) groups excluding carboxylic acids is 1. The predicted octanol–water partition coefficient (Wildman–Crippen LogP) is 1.88. The molecule has 1 aliphatic heterocycles. The van der Waals surface area contributed by atoms with Gasteiger partial charge in [-0.2, -0.15) is 0 Å². The van der Waals surface area contributed by atoms with Crippen LogP contribution >= 0.6 is 23.4 Å². The van der Waals surface area contributed by atoms with Gasteiger partial charge in [-0.15, -0.1) is 11.8 Å². The zero-order valence-corrected chi connectivity index (χ0v) is 11.9. The average molecular weight is 300 g/mol. The van der Waals surface area contributed by atoms with Crippen LogP contribution in [-0.2, 0) is 16.0 Å². The Morgan fingerprint density at radius 2 is 2.32 bits per heavy atom. The molecule has 1 aromatic carbocycles. The second kappa shape index (κ2) is 5.84. The van der Waals surface area contributed by atoms with Gasteiger partial charge in [0.15, 0.2) is 0 Å². The van der Waals surface area contributed by atoms with E-state index in [2.05, 4.69) is 5.32 Å². The number of carbonyl (C=O) groups is 2. The van der Waals surface area contributed by atoms with Crippen molar-refractivity contribution in [3.8, 4) is 0 Å². The third kappa shape index (κ3) is 3.42. The van der Waals surface area contributed by atoms with Crippen molar-refractivity contribution in [2.75, 3.05) is 5.75 Å². The fourth-order valence-corrected chi connectivity index (χ4v) is 3.24. The van der Waals surface area contributed by atoms with Crippen LogP contribution < -0.4 is 5.32 Å². The number of benzene rings is 1. The fraction of sp³-hybridized carbons (Fsp3) is 0.385. The Morgan fingerprint density at radius 3 is 2.89 bits per heavy atom. The molecular weight excluding hydrogens is 286 g/mol. The molecule has 1 saturated heterocycles. The van der Waals surface area contributed by atoms with Gasteiger partial charge in [-0.1, -0.05) is 23.7 Å². The summed E-state index contributed by atoms with van der Waals surface area (Å²) in [6.45, 7) is 1.92. The SMILES string of the molecule is Cc1ccc(C[C@@H]2SC[C@H](C(=O)O)NC2=O)cc1Cl. The number of aryl methyl sites for hydroxylation is 1. The molecule has 1 aliphatic rings. The average Bonchev–Trinajstić information content (AvgIpc) is 2.36. The number of carboxylic acids is 1. The van der Waals surface area contributed by atoms with E-state index in [-0.39, 0.29) is 11.2 Å². The van der Waals surface area contributed by atoms with Crippen LogP contribution in [0.4, 0.5) is 0 Å². The molecule has 0 saturated carbocycles. The third-order valence-corrected chi connectivity index (χ3v) is 4.74. The van der Waals surface area contributed by atoms with Gasteiger partial charge in [0.2, 0.25) is 5.91 Å². The number of hydrogen-bond acceptors (Lipinski definition) is 3. The lowest BCUT2D eigenvalue weighted by molar-refractivity contribution is -0.141. The maximum absolute atomic E-state index is 11.8.